The molecule has 0 aromatic carbocycles. The fraction of sp³-hybridized carbons (Fsp3) is 0.538. The number of aromatic nitrogens is 1. The molecule has 2 N–H and O–H groups in total. The highest BCUT2D eigenvalue weighted by molar-refractivity contribution is 5.95. The van der Waals surface area contributed by atoms with Gasteiger partial charge in [0.25, 0.3) is 5.91 Å². The number of nitrogen functional groups attached to an aromatic ring is 1. The number of carbonyl (C=O) groups excluding carboxylic acids is 1. The van der Waals surface area contributed by atoms with Gasteiger partial charge in [-0.1, -0.05) is 0 Å². The zero-order valence-corrected chi connectivity index (χ0v) is 10.4. The second kappa shape index (κ2) is 4.73. The zero-order valence-electron chi connectivity index (χ0n) is 10.4. The number of aryl methyl sites for hydroxylation is 1. The Labute approximate surface area is 102 Å². The lowest BCUT2D eigenvalue weighted by atomic mass is 10.2. The Morgan fingerprint density at radius 2 is 2.24 bits per heavy atom. The van der Waals surface area contributed by atoms with Gasteiger partial charge in [-0.15, -0.1) is 0 Å². The van der Waals surface area contributed by atoms with Gasteiger partial charge in [0.2, 0.25) is 0 Å². The maximum absolute atomic E-state index is 12.3. The molecule has 0 radical (unpaired) electrons. The first-order chi connectivity index (χ1) is 8.10. The highest BCUT2D eigenvalue weighted by Gasteiger charge is 2.26. The maximum atomic E-state index is 12.3. The van der Waals surface area contributed by atoms with Gasteiger partial charge in [-0.25, -0.2) is 4.98 Å². The first-order valence-corrected chi connectivity index (χ1v) is 6.13. The van der Waals surface area contributed by atoms with Gasteiger partial charge in [-0.3, -0.25) is 4.79 Å². The van der Waals surface area contributed by atoms with Crippen molar-refractivity contribution in [3.05, 3.63) is 23.4 Å². The molecule has 1 fully saturated rings. The smallest absolute Gasteiger partial charge is 0.254 e. The van der Waals surface area contributed by atoms with Crippen LogP contribution in [0.1, 0.15) is 35.8 Å². The lowest BCUT2D eigenvalue weighted by Gasteiger charge is -2.21. The second-order valence-corrected chi connectivity index (χ2v) is 4.71. The third-order valence-electron chi connectivity index (χ3n) is 3.06. The van der Waals surface area contributed by atoms with E-state index in [0.29, 0.717) is 17.3 Å². The molecule has 0 saturated heterocycles. The molecule has 1 aliphatic carbocycles. The summed E-state index contributed by atoms with van der Waals surface area (Å²) in [6.45, 7) is 5.48. The molecular formula is C13H19N3O. The molecule has 1 aromatic heterocycles. The van der Waals surface area contributed by atoms with Crippen LogP contribution >= 0.6 is 0 Å². The van der Waals surface area contributed by atoms with Crippen molar-refractivity contribution in [2.45, 2.75) is 26.7 Å². The van der Waals surface area contributed by atoms with Crippen LogP contribution < -0.4 is 5.73 Å². The third-order valence-corrected chi connectivity index (χ3v) is 3.06. The summed E-state index contributed by atoms with van der Waals surface area (Å²) in [5, 5.41) is 0. The van der Waals surface area contributed by atoms with Crippen LogP contribution in [0.4, 0.5) is 5.82 Å². The Morgan fingerprint density at radius 3 is 2.76 bits per heavy atom. The molecule has 0 unspecified atom stereocenters. The normalized spacial score (nSPS) is 14.7. The van der Waals surface area contributed by atoms with Gasteiger partial charge < -0.3 is 10.6 Å². The Bertz CT molecular complexity index is 406. The van der Waals surface area contributed by atoms with Crippen LogP contribution in [0, 0.1) is 12.8 Å². The molecule has 0 spiro atoms. The first kappa shape index (κ1) is 11.9. The molecule has 1 aromatic rings. The lowest BCUT2D eigenvalue weighted by Crippen LogP contribution is -2.32. The number of hydrogen-bond acceptors (Lipinski definition) is 3. The summed E-state index contributed by atoms with van der Waals surface area (Å²) in [6, 6.07) is 3.46. The number of nitrogens with zero attached hydrogens (tertiary/aromatic N) is 2. The topological polar surface area (TPSA) is 59.2 Å². The number of anilines is 1. The van der Waals surface area contributed by atoms with Crippen molar-refractivity contribution in [3.63, 3.8) is 0 Å². The Kier molecular flexibility index (Phi) is 3.31. The van der Waals surface area contributed by atoms with E-state index >= 15 is 0 Å². The quantitative estimate of drug-likeness (QED) is 0.863. The number of nitrogens with two attached hydrogens (primary N) is 1. The van der Waals surface area contributed by atoms with Gasteiger partial charge in [0, 0.05) is 24.3 Å². The largest absolute Gasteiger partial charge is 0.384 e. The molecule has 1 amide bonds. The minimum Gasteiger partial charge on any atom is -0.384 e. The van der Waals surface area contributed by atoms with E-state index in [1.54, 1.807) is 12.1 Å². The standard InChI is InChI=1S/C13H19N3O/c1-3-16(8-10-4-5-10)13(17)11-6-9(2)15-12(14)7-11/h6-7,10H,3-5,8H2,1-2H3,(H2,14,15). The summed E-state index contributed by atoms with van der Waals surface area (Å²) in [6.07, 6.45) is 2.50. The highest BCUT2D eigenvalue weighted by atomic mass is 16.2. The minimum absolute atomic E-state index is 0.0663. The predicted molar refractivity (Wildman–Crippen MR) is 67.7 cm³/mol. The molecular weight excluding hydrogens is 214 g/mol. The number of hydrogen-bond donors (Lipinski definition) is 1. The van der Waals surface area contributed by atoms with Gasteiger partial charge in [0.15, 0.2) is 0 Å². The average molecular weight is 233 g/mol. The molecule has 4 heteroatoms. The van der Waals surface area contributed by atoms with Crippen molar-refractivity contribution in [2.24, 2.45) is 5.92 Å². The van der Waals surface area contributed by atoms with Crippen molar-refractivity contribution in [3.8, 4) is 0 Å². The van der Waals surface area contributed by atoms with Gasteiger partial charge in [-0.05, 0) is 44.7 Å². The Hall–Kier alpha value is -1.58. The predicted octanol–water partition coefficient (Wildman–Crippen LogP) is 1.84. The van der Waals surface area contributed by atoms with Crippen LogP contribution in [0.5, 0.6) is 0 Å². The molecule has 4 nitrogen and oxygen atoms in total. The van der Waals surface area contributed by atoms with Gasteiger partial charge in [-0.2, -0.15) is 0 Å². The van der Waals surface area contributed by atoms with Crippen molar-refractivity contribution < 1.29 is 4.79 Å². The average Bonchev–Trinajstić information content (AvgIpc) is 3.07. The molecule has 0 bridgehead atoms. The molecule has 92 valence electrons. The van der Waals surface area contributed by atoms with Crippen molar-refractivity contribution in [1.82, 2.24) is 9.88 Å². The monoisotopic (exact) mass is 233 g/mol. The Morgan fingerprint density at radius 1 is 1.53 bits per heavy atom. The summed E-state index contributed by atoms with van der Waals surface area (Å²) in [5.74, 6) is 1.19. The third kappa shape index (κ3) is 2.96. The van der Waals surface area contributed by atoms with E-state index in [9.17, 15) is 4.79 Å². The zero-order chi connectivity index (χ0) is 12.4. The lowest BCUT2D eigenvalue weighted by molar-refractivity contribution is 0.0756. The number of amides is 1. The van der Waals surface area contributed by atoms with E-state index in [1.165, 1.54) is 12.8 Å². The second-order valence-electron chi connectivity index (χ2n) is 4.71. The number of carbonyl (C=O) groups is 1. The first-order valence-electron chi connectivity index (χ1n) is 6.13. The maximum Gasteiger partial charge on any atom is 0.254 e. The van der Waals surface area contributed by atoms with Crippen LogP contribution in [-0.2, 0) is 0 Å². The van der Waals surface area contributed by atoms with Gasteiger partial charge >= 0.3 is 0 Å². The summed E-state index contributed by atoms with van der Waals surface area (Å²) in [4.78, 5) is 18.3. The minimum atomic E-state index is 0.0663. The van der Waals surface area contributed by atoms with Crippen LogP contribution in [0.2, 0.25) is 0 Å². The van der Waals surface area contributed by atoms with E-state index in [2.05, 4.69) is 4.98 Å². The molecule has 1 heterocycles. The molecule has 0 aliphatic heterocycles. The summed E-state index contributed by atoms with van der Waals surface area (Å²) >= 11 is 0. The summed E-state index contributed by atoms with van der Waals surface area (Å²) in [5.41, 5.74) is 7.11. The van der Waals surface area contributed by atoms with Crippen molar-refractivity contribution >= 4 is 11.7 Å². The summed E-state index contributed by atoms with van der Waals surface area (Å²) in [7, 11) is 0. The fourth-order valence-corrected chi connectivity index (χ4v) is 1.97. The molecule has 17 heavy (non-hydrogen) atoms. The van der Waals surface area contributed by atoms with Crippen LogP contribution in [-0.4, -0.2) is 28.9 Å². The highest BCUT2D eigenvalue weighted by Crippen LogP contribution is 2.30. The number of pyridine rings is 1. The van der Waals surface area contributed by atoms with Crippen LogP contribution in [0.3, 0.4) is 0 Å². The SMILES string of the molecule is CCN(CC1CC1)C(=O)c1cc(C)nc(N)c1. The fourth-order valence-electron chi connectivity index (χ4n) is 1.97. The number of rotatable bonds is 4. The molecule has 0 atom stereocenters. The van der Waals surface area contributed by atoms with Crippen molar-refractivity contribution in [2.75, 3.05) is 18.8 Å². The van der Waals surface area contributed by atoms with E-state index in [0.717, 1.165) is 18.8 Å². The Balaban J connectivity index is 2.15. The van der Waals surface area contributed by atoms with E-state index in [4.69, 9.17) is 5.73 Å². The van der Waals surface area contributed by atoms with E-state index in [1.807, 2.05) is 18.7 Å². The van der Waals surface area contributed by atoms with E-state index in [-0.39, 0.29) is 5.91 Å². The van der Waals surface area contributed by atoms with Crippen LogP contribution in [0.25, 0.3) is 0 Å². The van der Waals surface area contributed by atoms with Gasteiger partial charge in [0.05, 0.1) is 0 Å². The molecule has 2 rings (SSSR count). The van der Waals surface area contributed by atoms with Crippen LogP contribution in [0.15, 0.2) is 12.1 Å². The van der Waals surface area contributed by atoms with Crippen molar-refractivity contribution in [1.29, 1.82) is 0 Å². The molecule has 1 saturated carbocycles. The van der Waals surface area contributed by atoms with E-state index < -0.39 is 0 Å². The van der Waals surface area contributed by atoms with Gasteiger partial charge in [0.1, 0.15) is 5.82 Å². The molecule has 1 aliphatic rings. The summed E-state index contributed by atoms with van der Waals surface area (Å²) < 4.78 is 0.